The molecule has 268 valence electrons. The van der Waals surface area contributed by atoms with Crippen LogP contribution in [0.5, 0.6) is 11.8 Å². The molecule has 7 rings (SSSR count). The molecule has 0 spiro atoms. The maximum atomic E-state index is 11.8. The highest BCUT2D eigenvalue weighted by molar-refractivity contribution is 6.36. The summed E-state index contributed by atoms with van der Waals surface area (Å²) in [5, 5.41) is 23.3. The molecule has 11 heteroatoms. The summed E-state index contributed by atoms with van der Waals surface area (Å²) in [6, 6.07) is 22.7. The summed E-state index contributed by atoms with van der Waals surface area (Å²) in [5.41, 5.74) is 15.8. The SMILES string of the molecule is Cc1cncc(COc2nc(O[C@H]3CCc4c(-c5cccc(-c6ccc7c(c6)C[C@H](N)C7)c5Cl)cccc43)c(Cl)cc2CNC(C)(CO)C(=O)O)c1. The van der Waals surface area contributed by atoms with Gasteiger partial charge in [-0.3, -0.25) is 15.1 Å². The van der Waals surface area contributed by atoms with Crippen LogP contribution in [-0.4, -0.2) is 44.3 Å². The van der Waals surface area contributed by atoms with E-state index in [0.717, 1.165) is 63.8 Å². The number of aliphatic hydroxyl groups excluding tert-OH is 1. The molecule has 0 fully saturated rings. The topological polar surface area (TPSA) is 140 Å². The number of hydrogen-bond acceptors (Lipinski definition) is 8. The zero-order valence-electron chi connectivity index (χ0n) is 29.0. The summed E-state index contributed by atoms with van der Waals surface area (Å²) in [4.78, 5) is 20.8. The van der Waals surface area contributed by atoms with Gasteiger partial charge in [0.15, 0.2) is 0 Å². The number of carboxylic acids is 1. The number of halogens is 2. The van der Waals surface area contributed by atoms with Crippen LogP contribution >= 0.6 is 23.2 Å². The first-order valence-electron chi connectivity index (χ1n) is 17.3. The van der Waals surface area contributed by atoms with Crippen LogP contribution in [0, 0.1) is 6.92 Å². The lowest BCUT2D eigenvalue weighted by Gasteiger charge is -2.24. The maximum absolute atomic E-state index is 11.8. The van der Waals surface area contributed by atoms with E-state index < -0.39 is 18.1 Å². The maximum Gasteiger partial charge on any atom is 0.326 e. The van der Waals surface area contributed by atoms with E-state index in [1.165, 1.54) is 18.1 Å². The molecule has 0 amide bonds. The number of aliphatic carboxylic acids is 1. The Bertz CT molecular complexity index is 2160. The minimum atomic E-state index is -1.58. The minimum Gasteiger partial charge on any atom is -0.480 e. The highest BCUT2D eigenvalue weighted by Gasteiger charge is 2.33. The van der Waals surface area contributed by atoms with Crippen molar-refractivity contribution in [3.05, 3.63) is 128 Å². The fraction of sp³-hybridized carbons (Fsp3) is 0.293. The molecule has 1 unspecified atom stereocenters. The number of hydrogen-bond donors (Lipinski definition) is 4. The lowest BCUT2D eigenvalue weighted by Crippen LogP contribution is -2.52. The van der Waals surface area contributed by atoms with Crippen molar-refractivity contribution >= 4 is 29.2 Å². The Morgan fingerprint density at radius 1 is 1.00 bits per heavy atom. The third-order valence-corrected chi connectivity index (χ3v) is 10.7. The number of fused-ring (bicyclic) bond motifs is 2. The van der Waals surface area contributed by atoms with Crippen LogP contribution in [0.15, 0.2) is 79.1 Å². The molecule has 3 atom stereocenters. The molecule has 2 aromatic heterocycles. The largest absolute Gasteiger partial charge is 0.480 e. The number of carboxylic acid groups (broad SMARTS) is 1. The van der Waals surface area contributed by atoms with E-state index in [1.807, 2.05) is 25.1 Å². The molecule has 0 aliphatic heterocycles. The van der Waals surface area contributed by atoms with E-state index in [4.69, 9.17) is 43.4 Å². The van der Waals surface area contributed by atoms with Crippen molar-refractivity contribution in [2.24, 2.45) is 5.73 Å². The number of aromatic nitrogens is 2. The average Bonchev–Trinajstić information content (AvgIpc) is 3.72. The molecule has 0 saturated carbocycles. The Hall–Kier alpha value is -4.51. The number of carbonyl (C=O) groups is 1. The number of aryl methyl sites for hydroxylation is 1. The van der Waals surface area contributed by atoms with E-state index in [1.54, 1.807) is 18.5 Å². The predicted octanol–water partition coefficient (Wildman–Crippen LogP) is 7.42. The van der Waals surface area contributed by atoms with Gasteiger partial charge >= 0.3 is 5.97 Å². The third-order valence-electron chi connectivity index (χ3n) is 9.99. The van der Waals surface area contributed by atoms with E-state index in [-0.39, 0.29) is 42.1 Å². The normalized spacial score (nSPS) is 17.3. The summed E-state index contributed by atoms with van der Waals surface area (Å²) in [6.45, 7) is 2.92. The van der Waals surface area contributed by atoms with Gasteiger partial charge in [0.05, 0.1) is 11.6 Å². The van der Waals surface area contributed by atoms with Gasteiger partial charge in [-0.2, -0.15) is 4.98 Å². The Morgan fingerprint density at radius 3 is 2.56 bits per heavy atom. The quantitative estimate of drug-likeness (QED) is 0.103. The van der Waals surface area contributed by atoms with E-state index >= 15 is 0 Å². The Kier molecular flexibility index (Phi) is 10.2. The standard InChI is InChI=1S/C41H40Cl2N4O5/c1-23-13-24(19-45-18-23)21-51-38-28(20-46-41(2,22-48)40(49)50)17-35(42)39(47-38)52-36-12-11-32-31(6-4-7-33(32)36)34-8-3-5-30(37(34)43)26-10-9-25-15-29(44)16-27(25)14-26/h3-10,13-14,17-19,29,36,46,48H,11-12,15-16,20-22,44H2,1-2H3,(H,49,50)/t29-,36+,41?/m1/s1. The van der Waals surface area contributed by atoms with Crippen LogP contribution in [0.1, 0.15) is 58.4 Å². The smallest absolute Gasteiger partial charge is 0.326 e. The number of benzene rings is 3. The number of aliphatic hydroxyl groups is 1. The highest BCUT2D eigenvalue weighted by atomic mass is 35.5. The van der Waals surface area contributed by atoms with Crippen molar-refractivity contribution in [1.29, 1.82) is 0 Å². The Morgan fingerprint density at radius 2 is 1.77 bits per heavy atom. The Balaban J connectivity index is 1.17. The zero-order valence-corrected chi connectivity index (χ0v) is 30.5. The molecule has 0 bridgehead atoms. The van der Waals surface area contributed by atoms with Gasteiger partial charge in [0.1, 0.15) is 23.3 Å². The molecular formula is C41H40Cl2N4O5. The molecule has 5 N–H and O–H groups in total. The van der Waals surface area contributed by atoms with Crippen LogP contribution in [0.3, 0.4) is 0 Å². The molecular weight excluding hydrogens is 699 g/mol. The molecule has 3 aromatic carbocycles. The minimum absolute atomic E-state index is 0.0200. The van der Waals surface area contributed by atoms with Crippen LogP contribution in [0.25, 0.3) is 22.3 Å². The van der Waals surface area contributed by atoms with Crippen molar-refractivity contribution in [2.45, 2.75) is 70.4 Å². The second kappa shape index (κ2) is 14.8. The van der Waals surface area contributed by atoms with Crippen LogP contribution in [0.2, 0.25) is 10.0 Å². The lowest BCUT2D eigenvalue weighted by atomic mass is 9.93. The van der Waals surface area contributed by atoms with Crippen LogP contribution in [-0.2, 0) is 37.2 Å². The second-order valence-corrected chi connectivity index (χ2v) is 14.7. The van der Waals surface area contributed by atoms with Crippen LogP contribution < -0.4 is 20.5 Å². The summed E-state index contributed by atoms with van der Waals surface area (Å²) in [7, 11) is 0. The van der Waals surface area contributed by atoms with Gasteiger partial charge in [-0.15, -0.1) is 0 Å². The summed E-state index contributed by atoms with van der Waals surface area (Å²) >= 11 is 14.0. The summed E-state index contributed by atoms with van der Waals surface area (Å²) < 4.78 is 12.7. The number of pyridine rings is 2. The van der Waals surface area contributed by atoms with Gasteiger partial charge in [-0.1, -0.05) is 77.8 Å². The third kappa shape index (κ3) is 7.24. The molecule has 52 heavy (non-hydrogen) atoms. The molecule has 2 aliphatic rings. The van der Waals surface area contributed by atoms with Crippen molar-refractivity contribution < 1.29 is 24.5 Å². The number of ether oxygens (including phenoxy) is 2. The van der Waals surface area contributed by atoms with Crippen molar-refractivity contribution in [1.82, 2.24) is 15.3 Å². The van der Waals surface area contributed by atoms with Crippen LogP contribution in [0.4, 0.5) is 0 Å². The Labute approximate surface area is 312 Å². The van der Waals surface area contributed by atoms with Gasteiger partial charge in [0, 0.05) is 47.2 Å². The average molecular weight is 740 g/mol. The van der Waals surface area contributed by atoms with E-state index in [9.17, 15) is 15.0 Å². The van der Waals surface area contributed by atoms with Gasteiger partial charge in [-0.05, 0) is 90.6 Å². The van der Waals surface area contributed by atoms with Gasteiger partial charge in [-0.25, -0.2) is 0 Å². The molecule has 0 radical (unpaired) electrons. The number of nitrogens with one attached hydrogen (secondary N) is 1. The summed E-state index contributed by atoms with van der Waals surface area (Å²) in [5.74, 6) is -0.767. The van der Waals surface area contributed by atoms with E-state index in [0.29, 0.717) is 17.0 Å². The number of nitrogens with two attached hydrogens (primary N) is 1. The highest BCUT2D eigenvalue weighted by Crippen LogP contribution is 2.45. The van der Waals surface area contributed by atoms with Gasteiger partial charge in [0.25, 0.3) is 0 Å². The van der Waals surface area contributed by atoms with Crippen molar-refractivity contribution in [2.75, 3.05) is 6.61 Å². The zero-order chi connectivity index (χ0) is 36.6. The fourth-order valence-electron chi connectivity index (χ4n) is 7.07. The monoisotopic (exact) mass is 738 g/mol. The number of rotatable bonds is 12. The summed E-state index contributed by atoms with van der Waals surface area (Å²) in [6.07, 6.45) is 6.39. The van der Waals surface area contributed by atoms with Crippen molar-refractivity contribution in [3.8, 4) is 34.0 Å². The first kappa shape index (κ1) is 35.9. The van der Waals surface area contributed by atoms with Crippen molar-refractivity contribution in [3.63, 3.8) is 0 Å². The fourth-order valence-corrected chi connectivity index (χ4v) is 7.63. The van der Waals surface area contributed by atoms with Gasteiger partial charge < -0.3 is 25.4 Å². The predicted molar refractivity (Wildman–Crippen MR) is 202 cm³/mol. The molecule has 2 heterocycles. The van der Waals surface area contributed by atoms with Gasteiger partial charge in [0.2, 0.25) is 11.8 Å². The first-order valence-corrected chi connectivity index (χ1v) is 18.1. The molecule has 2 aliphatic carbocycles. The first-order chi connectivity index (χ1) is 25.0. The molecule has 5 aromatic rings. The molecule has 9 nitrogen and oxygen atoms in total. The number of nitrogens with zero attached hydrogens (tertiary/aromatic N) is 2. The second-order valence-electron chi connectivity index (χ2n) is 13.9. The molecule has 0 saturated heterocycles. The van der Waals surface area contributed by atoms with E-state index in [2.05, 4.69) is 52.8 Å². The lowest BCUT2D eigenvalue weighted by molar-refractivity contribution is -0.145.